The van der Waals surface area contributed by atoms with Crippen molar-refractivity contribution in [2.45, 2.75) is 13.0 Å². The Balaban J connectivity index is 1.62. The predicted molar refractivity (Wildman–Crippen MR) is 109 cm³/mol. The van der Waals surface area contributed by atoms with Crippen LogP contribution in [0, 0.1) is 6.92 Å². The number of rotatable bonds is 7. The summed E-state index contributed by atoms with van der Waals surface area (Å²) in [5.41, 5.74) is 1.34. The number of nitrogens with one attached hydrogen (secondary N) is 1. The number of aryl methyl sites for hydroxylation is 1. The predicted octanol–water partition coefficient (Wildman–Crippen LogP) is 1.73. The molecule has 2 aromatic rings. The molecule has 0 fully saturated rings. The molecule has 0 saturated heterocycles. The van der Waals surface area contributed by atoms with Gasteiger partial charge in [0.25, 0.3) is 5.91 Å². The third-order valence-electron chi connectivity index (χ3n) is 4.40. The average molecular weight is 420 g/mol. The number of carbonyl (C=O) groups excluding carboxylic acids is 1. The highest BCUT2D eigenvalue weighted by Gasteiger charge is 2.34. The highest BCUT2D eigenvalue weighted by atomic mass is 32.2. The molecule has 1 N–H and O–H groups in total. The molecule has 8 nitrogen and oxygen atoms in total. The fraction of sp³-hybridized carbons (Fsp3) is 0.350. The molecular weight excluding hydrogens is 396 g/mol. The molecule has 1 atom stereocenters. The molecule has 29 heavy (non-hydrogen) atoms. The Hall–Kier alpha value is -2.94. The summed E-state index contributed by atoms with van der Waals surface area (Å²) in [6, 6.07) is 12.4. The van der Waals surface area contributed by atoms with E-state index in [4.69, 9.17) is 14.2 Å². The van der Waals surface area contributed by atoms with E-state index in [2.05, 4.69) is 5.32 Å². The van der Waals surface area contributed by atoms with Gasteiger partial charge in [0, 0.05) is 0 Å². The van der Waals surface area contributed by atoms with Crippen LogP contribution in [0.3, 0.4) is 0 Å². The monoisotopic (exact) mass is 420 g/mol. The first-order valence-electron chi connectivity index (χ1n) is 9.08. The molecule has 0 spiro atoms. The van der Waals surface area contributed by atoms with E-state index in [-0.39, 0.29) is 19.7 Å². The van der Waals surface area contributed by atoms with Crippen molar-refractivity contribution in [3.8, 4) is 17.2 Å². The van der Waals surface area contributed by atoms with Gasteiger partial charge in [-0.3, -0.25) is 9.10 Å². The third-order valence-corrected chi connectivity index (χ3v) is 5.55. The lowest BCUT2D eigenvalue weighted by Crippen LogP contribution is -2.51. The van der Waals surface area contributed by atoms with Crippen molar-refractivity contribution in [1.82, 2.24) is 5.32 Å². The van der Waals surface area contributed by atoms with Crippen LogP contribution in [0.2, 0.25) is 0 Å². The molecule has 0 radical (unpaired) electrons. The van der Waals surface area contributed by atoms with Gasteiger partial charge in [0.05, 0.1) is 32.1 Å². The fourth-order valence-corrected chi connectivity index (χ4v) is 3.91. The van der Waals surface area contributed by atoms with Crippen LogP contribution in [-0.4, -0.2) is 53.5 Å². The second-order valence-corrected chi connectivity index (χ2v) is 8.57. The molecule has 2 aromatic carbocycles. The number of hydrogen-bond acceptors (Lipinski definition) is 6. The average Bonchev–Trinajstić information content (AvgIpc) is 2.69. The molecule has 0 saturated carbocycles. The Labute approximate surface area is 170 Å². The number of anilines is 1. The minimum absolute atomic E-state index is 0.0888. The molecule has 0 aromatic heterocycles. The van der Waals surface area contributed by atoms with E-state index in [9.17, 15) is 13.2 Å². The van der Waals surface area contributed by atoms with Gasteiger partial charge in [0.15, 0.2) is 17.6 Å². The highest BCUT2D eigenvalue weighted by molar-refractivity contribution is 7.92. The largest absolute Gasteiger partial charge is 0.493 e. The standard InChI is InChI=1S/C20H24N2O6S/c1-14-8-9-16-15(12-14)22(29(3,24)25)13-19(28-16)20(23)21-10-11-27-18-7-5-4-6-17(18)26-2/h4-9,12,19H,10-11,13H2,1-3H3,(H,21,23)/t19-/m0/s1. The summed E-state index contributed by atoms with van der Waals surface area (Å²) in [4.78, 5) is 12.5. The quantitative estimate of drug-likeness (QED) is 0.686. The van der Waals surface area contributed by atoms with Gasteiger partial charge in [-0.1, -0.05) is 18.2 Å². The summed E-state index contributed by atoms with van der Waals surface area (Å²) in [6.45, 7) is 2.23. The van der Waals surface area contributed by atoms with Crippen molar-refractivity contribution in [2.24, 2.45) is 0 Å². The summed E-state index contributed by atoms with van der Waals surface area (Å²) in [7, 11) is -2.00. The Morgan fingerprint density at radius 2 is 1.97 bits per heavy atom. The zero-order chi connectivity index (χ0) is 21.0. The van der Waals surface area contributed by atoms with E-state index >= 15 is 0 Å². The van der Waals surface area contributed by atoms with E-state index < -0.39 is 22.0 Å². The lowest BCUT2D eigenvalue weighted by molar-refractivity contribution is -0.127. The fourth-order valence-electron chi connectivity index (χ4n) is 3.00. The van der Waals surface area contributed by atoms with Crippen LogP contribution < -0.4 is 23.8 Å². The van der Waals surface area contributed by atoms with Gasteiger partial charge in [-0.15, -0.1) is 0 Å². The van der Waals surface area contributed by atoms with Gasteiger partial charge < -0.3 is 19.5 Å². The van der Waals surface area contributed by atoms with Crippen LogP contribution in [0.5, 0.6) is 17.2 Å². The van der Waals surface area contributed by atoms with Crippen molar-refractivity contribution in [2.75, 3.05) is 37.4 Å². The first kappa shape index (κ1) is 20.8. The highest BCUT2D eigenvalue weighted by Crippen LogP contribution is 2.35. The van der Waals surface area contributed by atoms with Crippen LogP contribution in [-0.2, 0) is 14.8 Å². The summed E-state index contributed by atoms with van der Waals surface area (Å²) >= 11 is 0. The first-order valence-corrected chi connectivity index (χ1v) is 10.9. The number of hydrogen-bond donors (Lipinski definition) is 1. The van der Waals surface area contributed by atoms with E-state index in [1.54, 1.807) is 37.4 Å². The van der Waals surface area contributed by atoms with Gasteiger partial charge in [0.1, 0.15) is 12.4 Å². The molecule has 156 valence electrons. The number of fused-ring (bicyclic) bond motifs is 1. The van der Waals surface area contributed by atoms with Gasteiger partial charge in [-0.25, -0.2) is 8.42 Å². The van der Waals surface area contributed by atoms with Crippen molar-refractivity contribution in [3.05, 3.63) is 48.0 Å². The zero-order valence-electron chi connectivity index (χ0n) is 16.5. The van der Waals surface area contributed by atoms with Gasteiger partial charge >= 0.3 is 0 Å². The number of sulfonamides is 1. The smallest absolute Gasteiger partial charge is 0.263 e. The Morgan fingerprint density at radius 3 is 2.66 bits per heavy atom. The molecule has 1 aliphatic heterocycles. The maximum absolute atomic E-state index is 12.5. The lowest BCUT2D eigenvalue weighted by Gasteiger charge is -2.34. The Kier molecular flexibility index (Phi) is 6.17. The number of amides is 1. The molecular formula is C20H24N2O6S. The van der Waals surface area contributed by atoms with E-state index in [0.29, 0.717) is 22.9 Å². The molecule has 1 heterocycles. The molecule has 1 aliphatic rings. The minimum Gasteiger partial charge on any atom is -0.493 e. The molecule has 0 bridgehead atoms. The second kappa shape index (κ2) is 8.60. The van der Waals surface area contributed by atoms with Crippen LogP contribution in [0.15, 0.2) is 42.5 Å². The summed E-state index contributed by atoms with van der Waals surface area (Å²) < 4.78 is 42.2. The second-order valence-electron chi connectivity index (χ2n) is 6.66. The van der Waals surface area contributed by atoms with Gasteiger partial charge in [-0.2, -0.15) is 0 Å². The topological polar surface area (TPSA) is 94.2 Å². The van der Waals surface area contributed by atoms with Gasteiger partial charge in [0.2, 0.25) is 10.0 Å². The van der Waals surface area contributed by atoms with Gasteiger partial charge in [-0.05, 0) is 36.8 Å². The number of carbonyl (C=O) groups is 1. The molecule has 0 aliphatic carbocycles. The maximum Gasteiger partial charge on any atom is 0.263 e. The van der Waals surface area contributed by atoms with E-state index in [0.717, 1.165) is 11.8 Å². The van der Waals surface area contributed by atoms with E-state index in [1.165, 1.54) is 4.31 Å². The molecule has 9 heteroatoms. The SMILES string of the molecule is COc1ccccc1OCCNC(=O)[C@@H]1CN(S(C)(=O)=O)c2cc(C)ccc2O1. The maximum atomic E-state index is 12.5. The minimum atomic E-state index is -3.56. The third kappa shape index (κ3) is 4.92. The normalized spacial score (nSPS) is 15.8. The summed E-state index contributed by atoms with van der Waals surface area (Å²) in [6.07, 6.45) is 0.159. The zero-order valence-corrected chi connectivity index (χ0v) is 17.4. The number of methoxy groups -OCH3 is 1. The Morgan fingerprint density at radius 1 is 1.24 bits per heavy atom. The summed E-state index contributed by atoms with van der Waals surface area (Å²) in [5, 5.41) is 2.72. The van der Waals surface area contributed by atoms with Crippen molar-refractivity contribution in [3.63, 3.8) is 0 Å². The summed E-state index contributed by atoms with van der Waals surface area (Å²) in [5.74, 6) is 1.13. The van der Waals surface area contributed by atoms with Crippen molar-refractivity contribution < 1.29 is 27.4 Å². The van der Waals surface area contributed by atoms with Crippen molar-refractivity contribution in [1.29, 1.82) is 0 Å². The molecule has 0 unspecified atom stereocenters. The number of nitrogens with zero attached hydrogens (tertiary/aromatic N) is 1. The number of ether oxygens (including phenoxy) is 3. The molecule has 1 amide bonds. The van der Waals surface area contributed by atoms with Crippen LogP contribution in [0.25, 0.3) is 0 Å². The molecule has 3 rings (SSSR count). The lowest BCUT2D eigenvalue weighted by atomic mass is 10.1. The van der Waals surface area contributed by atoms with Crippen LogP contribution in [0.4, 0.5) is 5.69 Å². The number of benzene rings is 2. The number of para-hydroxylation sites is 2. The van der Waals surface area contributed by atoms with Crippen LogP contribution >= 0.6 is 0 Å². The van der Waals surface area contributed by atoms with Crippen molar-refractivity contribution >= 4 is 21.6 Å². The van der Waals surface area contributed by atoms with Crippen LogP contribution in [0.1, 0.15) is 5.56 Å². The van der Waals surface area contributed by atoms with E-state index in [1.807, 2.05) is 19.1 Å². The Bertz CT molecular complexity index is 992. The first-order chi connectivity index (χ1) is 13.8.